The fourth-order valence-corrected chi connectivity index (χ4v) is 3.00. The SMILES string of the molecule is Cc1nccn1Cc1ccc(NCc2cccc3cccnc23)cc1. The highest BCUT2D eigenvalue weighted by atomic mass is 15.0. The van der Waals surface area contributed by atoms with Crippen LogP contribution in [-0.4, -0.2) is 14.5 Å². The third-order valence-electron chi connectivity index (χ3n) is 4.43. The van der Waals surface area contributed by atoms with E-state index < -0.39 is 0 Å². The van der Waals surface area contributed by atoms with Gasteiger partial charge in [0.1, 0.15) is 5.82 Å². The molecular weight excluding hydrogens is 308 g/mol. The molecule has 0 saturated carbocycles. The van der Waals surface area contributed by atoms with Crippen LogP contribution < -0.4 is 5.32 Å². The summed E-state index contributed by atoms with van der Waals surface area (Å²) in [6.45, 7) is 3.63. The molecular formula is C21H20N4. The maximum atomic E-state index is 4.51. The van der Waals surface area contributed by atoms with E-state index in [9.17, 15) is 0 Å². The lowest BCUT2D eigenvalue weighted by atomic mass is 10.1. The molecule has 0 bridgehead atoms. The van der Waals surface area contributed by atoms with Crippen LogP contribution in [0.15, 0.2) is 73.2 Å². The van der Waals surface area contributed by atoms with Crippen molar-refractivity contribution in [1.29, 1.82) is 0 Å². The number of hydrogen-bond donors (Lipinski definition) is 1. The van der Waals surface area contributed by atoms with E-state index in [0.29, 0.717) is 0 Å². The van der Waals surface area contributed by atoms with E-state index in [2.05, 4.69) is 68.4 Å². The van der Waals surface area contributed by atoms with Gasteiger partial charge in [-0.3, -0.25) is 4.98 Å². The molecule has 0 amide bonds. The number of fused-ring (bicyclic) bond motifs is 1. The maximum Gasteiger partial charge on any atom is 0.105 e. The molecule has 2 aromatic carbocycles. The van der Waals surface area contributed by atoms with Gasteiger partial charge in [-0.05, 0) is 36.2 Å². The summed E-state index contributed by atoms with van der Waals surface area (Å²) in [6.07, 6.45) is 5.69. The molecule has 2 heterocycles. The number of para-hydroxylation sites is 1. The standard InChI is InChI=1S/C21H20N4/c1-16-22-12-13-25(16)15-17-7-9-20(10-8-17)24-14-19-5-2-4-18-6-3-11-23-21(18)19/h2-13,24H,14-15H2,1H3. The second-order valence-corrected chi connectivity index (χ2v) is 6.15. The normalized spacial score (nSPS) is 10.9. The van der Waals surface area contributed by atoms with Crippen molar-refractivity contribution in [3.8, 4) is 0 Å². The van der Waals surface area contributed by atoms with Gasteiger partial charge in [0, 0.05) is 42.8 Å². The zero-order valence-electron chi connectivity index (χ0n) is 14.2. The average molecular weight is 328 g/mol. The molecule has 0 atom stereocenters. The van der Waals surface area contributed by atoms with Gasteiger partial charge in [-0.25, -0.2) is 4.98 Å². The highest BCUT2D eigenvalue weighted by Crippen LogP contribution is 2.18. The number of nitrogens with one attached hydrogen (secondary N) is 1. The Bertz CT molecular complexity index is 981. The van der Waals surface area contributed by atoms with Gasteiger partial charge in [-0.1, -0.05) is 36.4 Å². The van der Waals surface area contributed by atoms with Crippen LogP contribution >= 0.6 is 0 Å². The molecule has 4 heteroatoms. The summed E-state index contributed by atoms with van der Waals surface area (Å²) in [5.74, 6) is 1.03. The van der Waals surface area contributed by atoms with Crippen LogP contribution in [0.2, 0.25) is 0 Å². The van der Waals surface area contributed by atoms with Crippen molar-refractivity contribution in [2.75, 3.05) is 5.32 Å². The van der Waals surface area contributed by atoms with Gasteiger partial charge < -0.3 is 9.88 Å². The van der Waals surface area contributed by atoms with Gasteiger partial charge in [0.15, 0.2) is 0 Å². The molecule has 2 aromatic heterocycles. The Morgan fingerprint density at radius 3 is 2.56 bits per heavy atom. The van der Waals surface area contributed by atoms with Crippen molar-refractivity contribution >= 4 is 16.6 Å². The summed E-state index contributed by atoms with van der Waals surface area (Å²) >= 11 is 0. The fraction of sp³-hybridized carbons (Fsp3) is 0.143. The van der Waals surface area contributed by atoms with Crippen LogP contribution in [0, 0.1) is 6.92 Å². The summed E-state index contributed by atoms with van der Waals surface area (Å²) < 4.78 is 2.14. The highest BCUT2D eigenvalue weighted by Gasteiger charge is 2.03. The average Bonchev–Trinajstić information content (AvgIpc) is 3.06. The third-order valence-corrected chi connectivity index (χ3v) is 4.43. The van der Waals surface area contributed by atoms with Crippen molar-refractivity contribution in [1.82, 2.24) is 14.5 Å². The molecule has 0 saturated heterocycles. The molecule has 0 unspecified atom stereocenters. The molecule has 0 aliphatic heterocycles. The second-order valence-electron chi connectivity index (χ2n) is 6.15. The Morgan fingerprint density at radius 2 is 1.76 bits per heavy atom. The second kappa shape index (κ2) is 6.77. The van der Waals surface area contributed by atoms with Crippen molar-refractivity contribution in [2.24, 2.45) is 0 Å². The fourth-order valence-electron chi connectivity index (χ4n) is 3.00. The van der Waals surface area contributed by atoms with Gasteiger partial charge >= 0.3 is 0 Å². The lowest BCUT2D eigenvalue weighted by Crippen LogP contribution is -2.02. The lowest BCUT2D eigenvalue weighted by molar-refractivity contribution is 0.762. The number of rotatable bonds is 5. The van der Waals surface area contributed by atoms with E-state index in [0.717, 1.165) is 30.1 Å². The number of hydrogen-bond acceptors (Lipinski definition) is 3. The monoisotopic (exact) mass is 328 g/mol. The number of aromatic nitrogens is 3. The van der Waals surface area contributed by atoms with E-state index in [1.807, 2.05) is 31.6 Å². The van der Waals surface area contributed by atoms with Gasteiger partial charge in [0.25, 0.3) is 0 Å². The van der Waals surface area contributed by atoms with E-state index in [4.69, 9.17) is 0 Å². The van der Waals surface area contributed by atoms with Crippen molar-refractivity contribution < 1.29 is 0 Å². The highest BCUT2D eigenvalue weighted by molar-refractivity contribution is 5.81. The van der Waals surface area contributed by atoms with Crippen LogP contribution in [0.3, 0.4) is 0 Å². The zero-order valence-corrected chi connectivity index (χ0v) is 14.2. The molecule has 25 heavy (non-hydrogen) atoms. The van der Waals surface area contributed by atoms with Crippen LogP contribution in [0.4, 0.5) is 5.69 Å². The Balaban J connectivity index is 1.45. The third kappa shape index (κ3) is 3.38. The lowest BCUT2D eigenvalue weighted by Gasteiger charge is -2.10. The number of benzene rings is 2. The van der Waals surface area contributed by atoms with Crippen molar-refractivity contribution in [2.45, 2.75) is 20.0 Å². The summed E-state index contributed by atoms with van der Waals surface area (Å²) in [4.78, 5) is 8.77. The topological polar surface area (TPSA) is 42.7 Å². The summed E-state index contributed by atoms with van der Waals surface area (Å²) in [6, 6.07) is 18.9. The van der Waals surface area contributed by atoms with E-state index in [1.54, 1.807) is 0 Å². The number of imidazole rings is 1. The summed E-state index contributed by atoms with van der Waals surface area (Å²) in [5, 5.41) is 4.67. The Labute approximate surface area is 147 Å². The minimum Gasteiger partial charge on any atom is -0.381 e. The molecule has 0 aliphatic carbocycles. The molecule has 0 fully saturated rings. The van der Waals surface area contributed by atoms with E-state index in [1.165, 1.54) is 16.5 Å². The van der Waals surface area contributed by atoms with Crippen LogP contribution in [0.25, 0.3) is 10.9 Å². The van der Waals surface area contributed by atoms with E-state index in [-0.39, 0.29) is 0 Å². The zero-order chi connectivity index (χ0) is 17.1. The van der Waals surface area contributed by atoms with Gasteiger partial charge in [-0.15, -0.1) is 0 Å². The molecule has 4 nitrogen and oxygen atoms in total. The van der Waals surface area contributed by atoms with Crippen molar-refractivity contribution in [3.63, 3.8) is 0 Å². The van der Waals surface area contributed by atoms with Gasteiger partial charge in [0.2, 0.25) is 0 Å². The minimum atomic E-state index is 0.758. The van der Waals surface area contributed by atoms with Crippen LogP contribution in [0.5, 0.6) is 0 Å². The molecule has 1 N–H and O–H groups in total. The Morgan fingerprint density at radius 1 is 0.920 bits per heavy atom. The number of pyridine rings is 1. The predicted molar refractivity (Wildman–Crippen MR) is 102 cm³/mol. The van der Waals surface area contributed by atoms with Gasteiger partial charge in [-0.2, -0.15) is 0 Å². The first-order chi connectivity index (χ1) is 12.3. The van der Waals surface area contributed by atoms with Gasteiger partial charge in [0.05, 0.1) is 5.52 Å². The molecule has 4 rings (SSSR count). The maximum absolute atomic E-state index is 4.51. The minimum absolute atomic E-state index is 0.758. The molecule has 124 valence electrons. The number of anilines is 1. The first-order valence-electron chi connectivity index (χ1n) is 8.43. The quantitative estimate of drug-likeness (QED) is 0.590. The first-order valence-corrected chi connectivity index (χ1v) is 8.43. The number of aryl methyl sites for hydroxylation is 1. The molecule has 4 aromatic rings. The van der Waals surface area contributed by atoms with E-state index >= 15 is 0 Å². The predicted octanol–water partition coefficient (Wildman–Crippen LogP) is 4.40. The summed E-state index contributed by atoms with van der Waals surface area (Å²) in [5.41, 5.74) is 4.64. The van der Waals surface area contributed by atoms with Crippen LogP contribution in [0.1, 0.15) is 17.0 Å². The number of nitrogens with zero attached hydrogens (tertiary/aromatic N) is 3. The first kappa shape index (κ1) is 15.4. The van der Waals surface area contributed by atoms with Crippen LogP contribution in [-0.2, 0) is 13.1 Å². The smallest absolute Gasteiger partial charge is 0.105 e. The Kier molecular flexibility index (Phi) is 4.17. The van der Waals surface area contributed by atoms with Crippen molar-refractivity contribution in [3.05, 3.63) is 90.1 Å². The molecule has 0 aliphatic rings. The largest absolute Gasteiger partial charge is 0.381 e. The molecule has 0 radical (unpaired) electrons. The Hall–Kier alpha value is -3.14. The summed E-state index contributed by atoms with van der Waals surface area (Å²) in [7, 11) is 0. The molecule has 0 spiro atoms.